The highest BCUT2D eigenvalue weighted by molar-refractivity contribution is 7.99. The number of carbonyl (C=O) groups is 1. The highest BCUT2D eigenvalue weighted by atomic mass is 32.2. The molecular weight excluding hydrogens is 270 g/mol. The second-order valence-electron chi connectivity index (χ2n) is 5.48. The van der Waals surface area contributed by atoms with Crippen molar-refractivity contribution in [1.29, 1.82) is 0 Å². The predicted molar refractivity (Wildman–Crippen MR) is 84.7 cm³/mol. The van der Waals surface area contributed by atoms with Gasteiger partial charge in [-0.15, -0.1) is 11.8 Å². The molecular formula is C15H25N3OS. The first-order valence-corrected chi connectivity index (χ1v) is 8.03. The predicted octanol–water partition coefficient (Wildman–Crippen LogP) is 2.59. The number of hydrogen-bond acceptors (Lipinski definition) is 4. The summed E-state index contributed by atoms with van der Waals surface area (Å²) in [6, 6.07) is 4.27. The molecule has 1 heterocycles. The fourth-order valence-corrected chi connectivity index (χ4v) is 3.01. The van der Waals surface area contributed by atoms with Crippen molar-refractivity contribution in [1.82, 2.24) is 10.3 Å². The van der Waals surface area contributed by atoms with Crippen molar-refractivity contribution in [2.75, 3.05) is 5.75 Å². The molecule has 1 unspecified atom stereocenters. The summed E-state index contributed by atoms with van der Waals surface area (Å²) >= 11 is 1.82. The van der Waals surface area contributed by atoms with Crippen molar-refractivity contribution in [2.24, 2.45) is 5.73 Å². The number of nitrogens with one attached hydrogen (secondary N) is 1. The third-order valence-corrected chi connectivity index (χ3v) is 4.24. The monoisotopic (exact) mass is 295 g/mol. The minimum Gasteiger partial charge on any atom is -0.368 e. The molecule has 5 heteroatoms. The number of pyridine rings is 1. The first-order chi connectivity index (χ1) is 9.44. The van der Waals surface area contributed by atoms with E-state index in [-0.39, 0.29) is 11.9 Å². The lowest BCUT2D eigenvalue weighted by Gasteiger charge is -2.29. The maximum Gasteiger partial charge on any atom is 0.237 e. The Labute approximate surface area is 125 Å². The van der Waals surface area contributed by atoms with E-state index < -0.39 is 5.54 Å². The molecule has 3 N–H and O–H groups in total. The zero-order chi connectivity index (χ0) is 15.0. The Morgan fingerprint density at radius 1 is 1.40 bits per heavy atom. The number of amides is 1. The van der Waals surface area contributed by atoms with Crippen LogP contribution >= 0.6 is 11.8 Å². The fraction of sp³-hybridized carbons (Fsp3) is 0.600. The van der Waals surface area contributed by atoms with Gasteiger partial charge in [-0.3, -0.25) is 9.78 Å². The molecule has 20 heavy (non-hydrogen) atoms. The highest BCUT2D eigenvalue weighted by Crippen LogP contribution is 2.20. The molecule has 4 nitrogen and oxygen atoms in total. The molecule has 0 saturated carbocycles. The lowest BCUT2D eigenvalue weighted by atomic mass is 9.93. The summed E-state index contributed by atoms with van der Waals surface area (Å²) in [6.45, 7) is 5.95. The van der Waals surface area contributed by atoms with Crippen LogP contribution in [0.1, 0.15) is 40.0 Å². The van der Waals surface area contributed by atoms with Crippen LogP contribution < -0.4 is 11.1 Å². The van der Waals surface area contributed by atoms with Gasteiger partial charge in [-0.2, -0.15) is 0 Å². The number of primary amides is 1. The maximum absolute atomic E-state index is 11.6. The van der Waals surface area contributed by atoms with Gasteiger partial charge in [0.15, 0.2) is 0 Å². The Kier molecular flexibility index (Phi) is 7.02. The molecule has 112 valence electrons. The van der Waals surface area contributed by atoms with Crippen LogP contribution in [0.4, 0.5) is 0 Å². The summed E-state index contributed by atoms with van der Waals surface area (Å²) in [5.41, 5.74) is 4.91. The summed E-state index contributed by atoms with van der Waals surface area (Å²) in [6.07, 6.45) is 6.43. The number of unbranched alkanes of at least 4 members (excludes halogenated alkanes) is 1. The number of hydrogen-bond donors (Lipinski definition) is 2. The van der Waals surface area contributed by atoms with E-state index in [2.05, 4.69) is 10.3 Å². The molecule has 0 bridgehead atoms. The second-order valence-corrected chi connectivity index (χ2v) is 6.65. The van der Waals surface area contributed by atoms with Crippen molar-refractivity contribution >= 4 is 17.7 Å². The van der Waals surface area contributed by atoms with Gasteiger partial charge in [-0.1, -0.05) is 6.42 Å². The topological polar surface area (TPSA) is 68.0 Å². The minimum atomic E-state index is -0.602. The number of nitrogens with zero attached hydrogens (tertiary/aromatic N) is 1. The largest absolute Gasteiger partial charge is 0.368 e. The lowest BCUT2D eigenvalue weighted by Crippen LogP contribution is -2.55. The molecule has 1 aromatic heterocycles. The average molecular weight is 295 g/mol. The molecule has 0 radical (unpaired) electrons. The van der Waals surface area contributed by atoms with Gasteiger partial charge in [0.25, 0.3) is 0 Å². The van der Waals surface area contributed by atoms with E-state index in [1.165, 1.54) is 4.90 Å². The zero-order valence-corrected chi connectivity index (χ0v) is 13.4. The molecule has 0 aliphatic rings. The molecule has 1 rings (SSSR count). The van der Waals surface area contributed by atoms with Gasteiger partial charge in [0, 0.05) is 23.3 Å². The first-order valence-electron chi connectivity index (χ1n) is 7.04. The van der Waals surface area contributed by atoms with Gasteiger partial charge in [-0.25, -0.2) is 0 Å². The summed E-state index contributed by atoms with van der Waals surface area (Å²) in [5, 5.41) is 3.27. The summed E-state index contributed by atoms with van der Waals surface area (Å²) in [5.74, 6) is 0.772. The smallest absolute Gasteiger partial charge is 0.237 e. The van der Waals surface area contributed by atoms with Crippen molar-refractivity contribution in [2.45, 2.75) is 56.5 Å². The molecule has 0 spiro atoms. The van der Waals surface area contributed by atoms with Gasteiger partial charge >= 0.3 is 0 Å². The number of rotatable bonds is 9. The number of carbonyl (C=O) groups excluding carboxylic acids is 1. The molecule has 0 aliphatic heterocycles. The van der Waals surface area contributed by atoms with E-state index in [0.29, 0.717) is 0 Å². The summed E-state index contributed by atoms with van der Waals surface area (Å²) < 4.78 is 0. The van der Waals surface area contributed by atoms with Crippen molar-refractivity contribution in [3.05, 3.63) is 24.5 Å². The van der Waals surface area contributed by atoms with Crippen LogP contribution in [-0.2, 0) is 4.79 Å². The first kappa shape index (κ1) is 17.0. The van der Waals surface area contributed by atoms with Crippen LogP contribution in [0.15, 0.2) is 29.4 Å². The van der Waals surface area contributed by atoms with Crippen molar-refractivity contribution < 1.29 is 4.79 Å². The number of aromatic nitrogens is 1. The van der Waals surface area contributed by atoms with E-state index >= 15 is 0 Å². The average Bonchev–Trinajstić information content (AvgIpc) is 2.38. The summed E-state index contributed by atoms with van der Waals surface area (Å²) in [7, 11) is 0. The lowest BCUT2D eigenvalue weighted by molar-refractivity contribution is -0.124. The van der Waals surface area contributed by atoms with Crippen LogP contribution in [-0.4, -0.2) is 28.2 Å². The summed E-state index contributed by atoms with van der Waals surface area (Å²) in [4.78, 5) is 16.8. The SMILES string of the molecule is CC(C)NC(C)(CCCCSc1ccncc1)C(N)=O. The Morgan fingerprint density at radius 3 is 2.60 bits per heavy atom. The van der Waals surface area contributed by atoms with Gasteiger partial charge < -0.3 is 11.1 Å². The van der Waals surface area contributed by atoms with Gasteiger partial charge in [0.05, 0.1) is 5.54 Å². The Bertz CT molecular complexity index is 411. The second kappa shape index (κ2) is 8.27. The van der Waals surface area contributed by atoms with Crippen LogP contribution in [0.25, 0.3) is 0 Å². The minimum absolute atomic E-state index is 0.249. The standard InChI is InChI=1S/C15H25N3OS/c1-12(2)18-15(3,14(16)19)8-4-5-11-20-13-6-9-17-10-7-13/h6-7,9-10,12,18H,4-5,8,11H2,1-3H3,(H2,16,19). The third kappa shape index (κ3) is 5.92. The van der Waals surface area contributed by atoms with Crippen LogP contribution in [0.5, 0.6) is 0 Å². The van der Waals surface area contributed by atoms with Crippen LogP contribution in [0, 0.1) is 0 Å². The Balaban J connectivity index is 2.29. The molecule has 0 saturated heterocycles. The zero-order valence-electron chi connectivity index (χ0n) is 12.6. The van der Waals surface area contributed by atoms with E-state index in [1.807, 2.05) is 44.7 Å². The van der Waals surface area contributed by atoms with Crippen molar-refractivity contribution in [3.8, 4) is 0 Å². The van der Waals surface area contributed by atoms with Crippen LogP contribution in [0.2, 0.25) is 0 Å². The number of nitrogens with two attached hydrogens (primary N) is 1. The van der Waals surface area contributed by atoms with Gasteiger partial charge in [0.2, 0.25) is 5.91 Å². The quantitative estimate of drug-likeness (QED) is 0.543. The fourth-order valence-electron chi connectivity index (χ4n) is 2.11. The Morgan fingerprint density at radius 2 is 2.05 bits per heavy atom. The molecule has 1 amide bonds. The molecule has 0 aliphatic carbocycles. The third-order valence-electron chi connectivity index (χ3n) is 3.14. The normalized spacial score (nSPS) is 14.2. The highest BCUT2D eigenvalue weighted by Gasteiger charge is 2.30. The van der Waals surface area contributed by atoms with E-state index in [9.17, 15) is 4.79 Å². The molecule has 0 aromatic carbocycles. The van der Waals surface area contributed by atoms with E-state index in [0.717, 1.165) is 25.0 Å². The van der Waals surface area contributed by atoms with Crippen molar-refractivity contribution in [3.63, 3.8) is 0 Å². The maximum atomic E-state index is 11.6. The Hall–Kier alpha value is -1.07. The molecule has 1 aromatic rings. The van der Waals surface area contributed by atoms with Crippen LogP contribution in [0.3, 0.4) is 0 Å². The molecule has 0 fully saturated rings. The van der Waals surface area contributed by atoms with Gasteiger partial charge in [-0.05, 0) is 51.5 Å². The number of thioether (sulfide) groups is 1. The molecule has 1 atom stereocenters. The van der Waals surface area contributed by atoms with Gasteiger partial charge in [0.1, 0.15) is 0 Å². The van der Waals surface area contributed by atoms with E-state index in [4.69, 9.17) is 5.73 Å². The van der Waals surface area contributed by atoms with E-state index in [1.54, 1.807) is 12.4 Å².